The Morgan fingerprint density at radius 2 is 1.85 bits per heavy atom. The number of amides is 2. The minimum absolute atomic E-state index is 0.0339. The number of carbonyl (C=O) groups is 3. The quantitative estimate of drug-likeness (QED) is 0.413. The van der Waals surface area contributed by atoms with Crippen LogP contribution < -0.4 is 10.9 Å². The molecule has 1 aromatic carbocycles. The number of carbonyl (C=O) groups excluding carboxylic acids is 2. The molecule has 0 unspecified atom stereocenters. The second-order valence-electron chi connectivity index (χ2n) is 8.62. The van der Waals surface area contributed by atoms with E-state index in [0.717, 1.165) is 16.7 Å². The summed E-state index contributed by atoms with van der Waals surface area (Å²) >= 11 is 0. The summed E-state index contributed by atoms with van der Waals surface area (Å²) < 4.78 is 40.0. The van der Waals surface area contributed by atoms with Crippen LogP contribution in [0.15, 0.2) is 59.0 Å². The maximum absolute atomic E-state index is 13.3. The molecule has 2 heterocycles. The number of benzene rings is 1. The molecule has 0 bridgehead atoms. The predicted octanol–water partition coefficient (Wildman–Crippen LogP) is 2.83. The Morgan fingerprint density at radius 1 is 1.18 bits per heavy atom. The van der Waals surface area contributed by atoms with Crippen molar-refractivity contribution in [1.29, 1.82) is 0 Å². The van der Waals surface area contributed by atoms with E-state index < -0.39 is 47.0 Å². The molecule has 0 spiro atoms. The van der Waals surface area contributed by atoms with Gasteiger partial charge in [-0.15, -0.1) is 0 Å². The number of carboxylic acid groups (broad SMARTS) is 1. The molecule has 2 amide bonds. The van der Waals surface area contributed by atoms with Gasteiger partial charge in [-0.05, 0) is 30.7 Å². The Hall–Kier alpha value is -4.68. The molecule has 3 N–H and O–H groups in total. The lowest BCUT2D eigenvalue weighted by Gasteiger charge is -2.16. The van der Waals surface area contributed by atoms with Gasteiger partial charge in [0.1, 0.15) is 17.9 Å². The van der Waals surface area contributed by atoms with Crippen molar-refractivity contribution in [2.24, 2.45) is 4.99 Å². The summed E-state index contributed by atoms with van der Waals surface area (Å²) in [6, 6.07) is 4.05. The summed E-state index contributed by atoms with van der Waals surface area (Å²) in [4.78, 5) is 55.0. The highest BCUT2D eigenvalue weighted by Gasteiger charge is 2.34. The molecular weight excluding hydrogens is 521 g/mol. The number of aliphatic imine (C=N–C) groups is 1. The molecule has 39 heavy (non-hydrogen) atoms. The van der Waals surface area contributed by atoms with Crippen molar-refractivity contribution in [2.45, 2.75) is 39.2 Å². The van der Waals surface area contributed by atoms with Gasteiger partial charge in [0.05, 0.1) is 25.2 Å². The van der Waals surface area contributed by atoms with E-state index in [9.17, 15) is 37.5 Å². The number of hydrogen-bond acceptors (Lipinski definition) is 6. The molecule has 10 nitrogen and oxygen atoms in total. The zero-order valence-electron chi connectivity index (χ0n) is 20.8. The Balaban J connectivity index is 2.00. The van der Waals surface area contributed by atoms with Crippen LogP contribution in [0.1, 0.15) is 46.1 Å². The van der Waals surface area contributed by atoms with Crippen LogP contribution in [0.3, 0.4) is 0 Å². The van der Waals surface area contributed by atoms with E-state index in [1.807, 2.05) is 5.32 Å². The van der Waals surface area contributed by atoms with E-state index >= 15 is 0 Å². The van der Waals surface area contributed by atoms with Crippen LogP contribution in [0.25, 0.3) is 0 Å². The molecule has 0 radical (unpaired) electrons. The van der Waals surface area contributed by atoms with Gasteiger partial charge in [-0.2, -0.15) is 13.2 Å². The minimum Gasteiger partial charge on any atom is -0.506 e. The third kappa shape index (κ3) is 6.80. The van der Waals surface area contributed by atoms with Crippen molar-refractivity contribution in [1.82, 2.24) is 14.8 Å². The van der Waals surface area contributed by atoms with Crippen LogP contribution in [-0.4, -0.2) is 49.7 Å². The fourth-order valence-corrected chi connectivity index (χ4v) is 4.00. The van der Waals surface area contributed by atoms with Gasteiger partial charge in [-0.1, -0.05) is 24.8 Å². The van der Waals surface area contributed by atoms with Gasteiger partial charge in [-0.25, -0.2) is 0 Å². The van der Waals surface area contributed by atoms with Crippen LogP contribution in [0.5, 0.6) is 5.75 Å². The fraction of sp³-hybridized carbons (Fsp3) is 0.269. The molecule has 13 heteroatoms. The van der Waals surface area contributed by atoms with Crippen LogP contribution in [0.2, 0.25) is 0 Å². The van der Waals surface area contributed by atoms with E-state index in [4.69, 9.17) is 5.11 Å². The van der Waals surface area contributed by atoms with Gasteiger partial charge < -0.3 is 25.0 Å². The average Bonchev–Trinajstić information content (AvgIpc) is 3.31. The maximum atomic E-state index is 13.3. The van der Waals surface area contributed by atoms with Crippen LogP contribution in [-0.2, 0) is 35.4 Å². The van der Waals surface area contributed by atoms with Gasteiger partial charge in [0.2, 0.25) is 5.91 Å². The van der Waals surface area contributed by atoms with Crippen molar-refractivity contribution >= 4 is 23.5 Å². The normalized spacial score (nSPS) is 13.4. The molecule has 1 aromatic heterocycles. The average molecular weight is 547 g/mol. The third-order valence-electron chi connectivity index (χ3n) is 5.89. The minimum atomic E-state index is -4.56. The van der Waals surface area contributed by atoms with Crippen molar-refractivity contribution in [3.8, 4) is 5.75 Å². The maximum Gasteiger partial charge on any atom is 0.416 e. The van der Waals surface area contributed by atoms with Gasteiger partial charge in [-0.3, -0.25) is 24.2 Å². The molecule has 1 aliphatic rings. The summed E-state index contributed by atoms with van der Waals surface area (Å²) in [7, 11) is 0. The first kappa shape index (κ1) is 28.9. The number of nitrogens with zero attached hydrogens (tertiary/aromatic N) is 3. The highest BCUT2D eigenvalue weighted by atomic mass is 19.4. The first-order valence-electron chi connectivity index (χ1n) is 11.6. The zero-order chi connectivity index (χ0) is 28.9. The highest BCUT2D eigenvalue weighted by molar-refractivity contribution is 5.98. The molecule has 0 saturated heterocycles. The summed E-state index contributed by atoms with van der Waals surface area (Å²) in [5.41, 5.74) is -1.40. The number of aromatic nitrogens is 1. The number of aromatic hydroxyl groups is 1. The zero-order valence-corrected chi connectivity index (χ0v) is 20.8. The molecule has 2 aromatic rings. The van der Waals surface area contributed by atoms with Crippen molar-refractivity contribution in [2.75, 3.05) is 6.54 Å². The predicted molar refractivity (Wildman–Crippen MR) is 134 cm³/mol. The monoisotopic (exact) mass is 546 g/mol. The molecule has 206 valence electrons. The van der Waals surface area contributed by atoms with Crippen molar-refractivity contribution in [3.63, 3.8) is 0 Å². The molecule has 0 saturated carbocycles. The summed E-state index contributed by atoms with van der Waals surface area (Å²) in [5, 5.41) is 21.7. The molecule has 0 fully saturated rings. The molecule has 0 aliphatic carbocycles. The number of hydrogen-bond donors (Lipinski definition) is 3. The van der Waals surface area contributed by atoms with E-state index in [-0.39, 0.29) is 43.2 Å². The number of fused-ring (bicyclic) bond motifs is 1. The van der Waals surface area contributed by atoms with E-state index in [0.29, 0.717) is 11.3 Å². The number of pyridine rings is 1. The highest BCUT2D eigenvalue weighted by Crippen LogP contribution is 2.33. The van der Waals surface area contributed by atoms with Crippen molar-refractivity contribution < 1.29 is 37.8 Å². The molecule has 0 atom stereocenters. The van der Waals surface area contributed by atoms with E-state index in [1.54, 1.807) is 19.1 Å². The van der Waals surface area contributed by atoms with Gasteiger partial charge in [0, 0.05) is 29.6 Å². The topological polar surface area (TPSA) is 141 Å². The van der Waals surface area contributed by atoms with E-state index in [1.165, 1.54) is 23.2 Å². The van der Waals surface area contributed by atoms with Crippen LogP contribution >= 0.6 is 0 Å². The first-order valence-corrected chi connectivity index (χ1v) is 11.6. The number of nitrogens with one attached hydrogen (secondary N) is 1. The number of rotatable bonds is 9. The van der Waals surface area contributed by atoms with Gasteiger partial charge in [0.25, 0.3) is 11.5 Å². The lowest BCUT2D eigenvalue weighted by Crippen LogP contribution is -2.37. The molecule has 3 rings (SSSR count). The standard InChI is InChI=1S/C26H25F3N4O6/c1-3-30-15(2)5-4-6-20(34)32-13-18-19(14-32)33(12-16-7-9-17(10-8-16)26(27,28)29)25(39)22(23(18)37)24(38)31-11-21(35)36/h3-5,7-10,37H,1,6,11-14H2,2H3,(H,31,38)(H,35,36)/b5-4-,30-15?. The Bertz CT molecular complexity index is 1430. The number of alkyl halides is 3. The summed E-state index contributed by atoms with van der Waals surface area (Å²) in [5.74, 6) is -3.58. The number of allylic oxidation sites excluding steroid dienone is 1. The number of aliphatic carboxylic acids is 1. The summed E-state index contributed by atoms with van der Waals surface area (Å²) in [6.45, 7) is 3.85. The number of halogens is 3. The number of carboxylic acids is 1. The lowest BCUT2D eigenvalue weighted by molar-refractivity contribution is -0.138. The SMILES string of the molecule is C=CN=C(C)/C=C\CC(=O)N1Cc2c(O)c(C(=O)NCC(=O)O)c(=O)n(Cc3ccc(C(F)(F)F)cc3)c2C1. The fourth-order valence-electron chi connectivity index (χ4n) is 4.00. The third-order valence-corrected chi connectivity index (χ3v) is 5.89. The van der Waals surface area contributed by atoms with Crippen molar-refractivity contribution in [3.05, 3.63) is 87.5 Å². The van der Waals surface area contributed by atoms with Gasteiger partial charge in [0.15, 0.2) is 0 Å². The second kappa shape index (κ2) is 11.8. The molecular formula is C26H25F3N4O6. The largest absolute Gasteiger partial charge is 0.506 e. The smallest absolute Gasteiger partial charge is 0.416 e. The summed E-state index contributed by atoms with van der Waals surface area (Å²) in [6.07, 6.45) is -0.0510. The lowest BCUT2D eigenvalue weighted by atomic mass is 10.1. The second-order valence-corrected chi connectivity index (χ2v) is 8.62. The van der Waals surface area contributed by atoms with Gasteiger partial charge >= 0.3 is 12.1 Å². The van der Waals surface area contributed by atoms with E-state index in [2.05, 4.69) is 11.6 Å². The van der Waals surface area contributed by atoms with Crippen LogP contribution in [0, 0.1) is 0 Å². The Labute approximate surface area is 220 Å². The Kier molecular flexibility index (Phi) is 8.74. The Morgan fingerprint density at radius 3 is 2.44 bits per heavy atom. The first-order chi connectivity index (χ1) is 18.3. The van der Waals surface area contributed by atoms with Crippen LogP contribution in [0.4, 0.5) is 13.2 Å². The molecule has 1 aliphatic heterocycles.